The SMILES string of the molecule is CCc1cc(S(=O)(=O)N[C@H](C)c2ccc3c(c2)OCCO3)ccc1OC. The minimum Gasteiger partial charge on any atom is -0.496 e. The molecule has 26 heavy (non-hydrogen) atoms. The van der Waals surface area contributed by atoms with Gasteiger partial charge in [-0.15, -0.1) is 0 Å². The van der Waals surface area contributed by atoms with E-state index in [9.17, 15) is 8.42 Å². The minimum absolute atomic E-state index is 0.222. The molecule has 0 spiro atoms. The highest BCUT2D eigenvalue weighted by Crippen LogP contribution is 2.33. The van der Waals surface area contributed by atoms with Crippen LogP contribution in [0.5, 0.6) is 17.2 Å². The maximum Gasteiger partial charge on any atom is 0.241 e. The van der Waals surface area contributed by atoms with Gasteiger partial charge in [0.1, 0.15) is 19.0 Å². The van der Waals surface area contributed by atoms with E-state index >= 15 is 0 Å². The summed E-state index contributed by atoms with van der Waals surface area (Å²) < 4.78 is 44.6. The molecule has 2 aromatic carbocycles. The van der Waals surface area contributed by atoms with Crippen LogP contribution < -0.4 is 18.9 Å². The lowest BCUT2D eigenvalue weighted by atomic mass is 10.1. The van der Waals surface area contributed by atoms with Gasteiger partial charge in [-0.1, -0.05) is 13.0 Å². The monoisotopic (exact) mass is 377 g/mol. The molecule has 0 radical (unpaired) electrons. The summed E-state index contributed by atoms with van der Waals surface area (Å²) in [5.41, 5.74) is 1.66. The van der Waals surface area contributed by atoms with Gasteiger partial charge in [0, 0.05) is 6.04 Å². The molecule has 0 bridgehead atoms. The molecule has 0 aliphatic carbocycles. The zero-order chi connectivity index (χ0) is 18.7. The first kappa shape index (κ1) is 18.5. The van der Waals surface area contributed by atoms with E-state index in [1.165, 1.54) is 0 Å². The van der Waals surface area contributed by atoms with Crippen LogP contribution in [0.3, 0.4) is 0 Å². The molecule has 1 atom stereocenters. The van der Waals surface area contributed by atoms with Crippen molar-refractivity contribution in [3.63, 3.8) is 0 Å². The summed E-state index contributed by atoms with van der Waals surface area (Å²) in [6.45, 7) is 4.76. The lowest BCUT2D eigenvalue weighted by molar-refractivity contribution is 0.171. The summed E-state index contributed by atoms with van der Waals surface area (Å²) in [4.78, 5) is 0.222. The molecule has 1 heterocycles. The standard InChI is InChI=1S/C19H23NO5S/c1-4-14-11-16(6-8-17(14)23-3)26(21,22)20-13(2)15-5-7-18-19(12-15)25-10-9-24-18/h5-8,11-13,20H,4,9-10H2,1-3H3/t13-/m1/s1. The highest BCUT2D eigenvalue weighted by Gasteiger charge is 2.21. The van der Waals surface area contributed by atoms with Crippen molar-refractivity contribution in [2.75, 3.05) is 20.3 Å². The number of hydrogen-bond donors (Lipinski definition) is 1. The van der Waals surface area contributed by atoms with Crippen molar-refractivity contribution >= 4 is 10.0 Å². The molecule has 0 amide bonds. The third-order valence-electron chi connectivity index (χ3n) is 4.34. The Kier molecular flexibility index (Phi) is 5.38. The average molecular weight is 377 g/mol. The molecule has 6 nitrogen and oxygen atoms in total. The molecule has 1 aliphatic rings. The molecule has 2 aromatic rings. The molecule has 7 heteroatoms. The van der Waals surface area contributed by atoms with Gasteiger partial charge in [-0.05, 0) is 54.8 Å². The predicted molar refractivity (Wildman–Crippen MR) is 98.5 cm³/mol. The van der Waals surface area contributed by atoms with Crippen LogP contribution >= 0.6 is 0 Å². The van der Waals surface area contributed by atoms with Crippen LogP contribution in [-0.4, -0.2) is 28.7 Å². The van der Waals surface area contributed by atoms with Crippen LogP contribution in [0.25, 0.3) is 0 Å². The van der Waals surface area contributed by atoms with E-state index < -0.39 is 16.1 Å². The third kappa shape index (κ3) is 3.78. The highest BCUT2D eigenvalue weighted by molar-refractivity contribution is 7.89. The minimum atomic E-state index is -3.66. The van der Waals surface area contributed by atoms with Gasteiger partial charge in [-0.25, -0.2) is 13.1 Å². The lowest BCUT2D eigenvalue weighted by Crippen LogP contribution is -2.27. The number of rotatable bonds is 6. The Morgan fingerprint density at radius 1 is 1.12 bits per heavy atom. The first-order valence-corrected chi connectivity index (χ1v) is 10.0. The molecule has 0 saturated heterocycles. The van der Waals surface area contributed by atoms with Crippen molar-refractivity contribution in [3.05, 3.63) is 47.5 Å². The average Bonchev–Trinajstić information content (AvgIpc) is 2.66. The number of sulfonamides is 1. The topological polar surface area (TPSA) is 73.9 Å². The van der Waals surface area contributed by atoms with Gasteiger partial charge in [-0.2, -0.15) is 0 Å². The highest BCUT2D eigenvalue weighted by atomic mass is 32.2. The molecule has 1 aliphatic heterocycles. The van der Waals surface area contributed by atoms with Crippen LogP contribution in [0.4, 0.5) is 0 Å². The number of nitrogens with one attached hydrogen (secondary N) is 1. The Balaban J connectivity index is 1.83. The molecular weight excluding hydrogens is 354 g/mol. The van der Waals surface area contributed by atoms with Gasteiger partial charge in [-0.3, -0.25) is 0 Å². The summed E-state index contributed by atoms with van der Waals surface area (Å²) in [7, 11) is -2.09. The molecule has 0 saturated carbocycles. The van der Waals surface area contributed by atoms with E-state index in [2.05, 4.69) is 4.72 Å². The van der Waals surface area contributed by atoms with E-state index in [0.717, 1.165) is 11.1 Å². The van der Waals surface area contributed by atoms with Crippen molar-refractivity contribution in [1.29, 1.82) is 0 Å². The van der Waals surface area contributed by atoms with E-state index in [4.69, 9.17) is 14.2 Å². The van der Waals surface area contributed by atoms with Gasteiger partial charge < -0.3 is 14.2 Å². The number of benzene rings is 2. The van der Waals surface area contributed by atoms with Crippen molar-refractivity contribution in [3.8, 4) is 17.2 Å². The molecule has 0 fully saturated rings. The van der Waals surface area contributed by atoms with Crippen molar-refractivity contribution in [2.45, 2.75) is 31.2 Å². The second-order valence-electron chi connectivity index (χ2n) is 6.07. The zero-order valence-electron chi connectivity index (χ0n) is 15.1. The van der Waals surface area contributed by atoms with E-state index in [1.54, 1.807) is 38.3 Å². The van der Waals surface area contributed by atoms with Crippen LogP contribution in [0, 0.1) is 0 Å². The number of ether oxygens (including phenoxy) is 3. The van der Waals surface area contributed by atoms with Crippen LogP contribution in [0.1, 0.15) is 31.0 Å². The smallest absolute Gasteiger partial charge is 0.241 e. The summed E-state index contributed by atoms with van der Waals surface area (Å²) in [5.74, 6) is 2.00. The second kappa shape index (κ2) is 7.55. The number of fused-ring (bicyclic) bond motifs is 1. The van der Waals surface area contributed by atoms with E-state index in [0.29, 0.717) is 36.9 Å². The fourth-order valence-corrected chi connectivity index (χ4v) is 4.18. The fourth-order valence-electron chi connectivity index (χ4n) is 2.90. The second-order valence-corrected chi connectivity index (χ2v) is 7.79. The van der Waals surface area contributed by atoms with Crippen LogP contribution in [-0.2, 0) is 16.4 Å². The fraction of sp³-hybridized carbons (Fsp3) is 0.368. The molecule has 3 rings (SSSR count). The van der Waals surface area contributed by atoms with E-state index in [-0.39, 0.29) is 4.90 Å². The molecule has 140 valence electrons. The summed E-state index contributed by atoms with van der Waals surface area (Å²) in [6.07, 6.45) is 0.685. The molecular formula is C19H23NO5S. The Morgan fingerprint density at radius 3 is 2.54 bits per heavy atom. The molecule has 0 aromatic heterocycles. The van der Waals surface area contributed by atoms with Crippen LogP contribution in [0.15, 0.2) is 41.3 Å². The first-order chi connectivity index (χ1) is 12.4. The van der Waals surface area contributed by atoms with Crippen molar-refractivity contribution in [2.24, 2.45) is 0 Å². The number of hydrogen-bond acceptors (Lipinski definition) is 5. The maximum absolute atomic E-state index is 12.8. The number of aryl methyl sites for hydroxylation is 1. The maximum atomic E-state index is 12.8. The molecule has 1 N–H and O–H groups in total. The Bertz CT molecular complexity index is 895. The Labute approximate surface area is 154 Å². The Hall–Kier alpha value is -2.25. The van der Waals surface area contributed by atoms with Gasteiger partial charge >= 0.3 is 0 Å². The Morgan fingerprint density at radius 2 is 1.85 bits per heavy atom. The lowest BCUT2D eigenvalue weighted by Gasteiger charge is -2.21. The normalized spacial score (nSPS) is 14.7. The van der Waals surface area contributed by atoms with Gasteiger partial charge in [0.25, 0.3) is 0 Å². The van der Waals surface area contributed by atoms with Gasteiger partial charge in [0.05, 0.1) is 12.0 Å². The summed E-state index contributed by atoms with van der Waals surface area (Å²) in [6, 6.07) is 9.93. The third-order valence-corrected chi connectivity index (χ3v) is 5.88. The van der Waals surface area contributed by atoms with Crippen LogP contribution in [0.2, 0.25) is 0 Å². The summed E-state index contributed by atoms with van der Waals surface area (Å²) in [5, 5.41) is 0. The van der Waals surface area contributed by atoms with E-state index in [1.807, 2.05) is 19.1 Å². The largest absolute Gasteiger partial charge is 0.496 e. The quantitative estimate of drug-likeness (QED) is 0.837. The van der Waals surface area contributed by atoms with Gasteiger partial charge in [0.15, 0.2) is 11.5 Å². The number of methoxy groups -OCH3 is 1. The first-order valence-electron chi connectivity index (χ1n) is 8.53. The van der Waals surface area contributed by atoms with Crippen molar-refractivity contribution in [1.82, 2.24) is 4.72 Å². The summed E-state index contributed by atoms with van der Waals surface area (Å²) >= 11 is 0. The van der Waals surface area contributed by atoms with Crippen molar-refractivity contribution < 1.29 is 22.6 Å². The van der Waals surface area contributed by atoms with Gasteiger partial charge in [0.2, 0.25) is 10.0 Å². The predicted octanol–water partition coefficient (Wildman–Crippen LogP) is 3.07. The molecule has 0 unspecified atom stereocenters. The zero-order valence-corrected chi connectivity index (χ0v) is 15.9.